The van der Waals surface area contributed by atoms with E-state index in [9.17, 15) is 19.0 Å². The molecule has 0 rings (SSSR count). The van der Waals surface area contributed by atoms with E-state index in [2.05, 4.69) is 111 Å². The van der Waals surface area contributed by atoms with Crippen LogP contribution in [0.3, 0.4) is 0 Å². The maximum Gasteiger partial charge on any atom is 0.306 e. The van der Waals surface area contributed by atoms with Crippen molar-refractivity contribution in [2.75, 3.05) is 40.9 Å². The molecular formula is C69H123N2O7P. The zero-order valence-corrected chi connectivity index (χ0v) is 52.9. The lowest BCUT2D eigenvalue weighted by atomic mass is 10.0. The normalized spacial score (nSPS) is 14.3. The molecule has 1 amide bonds. The first-order chi connectivity index (χ1) is 38.4. The van der Waals surface area contributed by atoms with Gasteiger partial charge in [-0.15, -0.1) is 0 Å². The SMILES string of the molecule is CCCCC/C=C\C/C=C\C/C=C\C/C=C\CCCC(=O)NC(COP(=O)([O-])OCC[N+](C)(C)C)C(/C=C\CCCCCCCCCCCCC)OC(=O)CCCCCCCCCCCC/C=C\C/C=C\C/C=C\CCCCC. The monoisotopic (exact) mass is 1120 g/mol. The maximum absolute atomic E-state index is 13.5. The maximum atomic E-state index is 13.5. The molecule has 0 spiro atoms. The lowest BCUT2D eigenvalue weighted by Crippen LogP contribution is -2.47. The number of likely N-dealkylation sites (N-methyl/N-ethyl adjacent to an activating group) is 1. The Morgan fingerprint density at radius 1 is 0.443 bits per heavy atom. The van der Waals surface area contributed by atoms with Gasteiger partial charge in [0.1, 0.15) is 19.3 Å². The lowest BCUT2D eigenvalue weighted by molar-refractivity contribution is -0.870. The highest BCUT2D eigenvalue weighted by molar-refractivity contribution is 7.45. The van der Waals surface area contributed by atoms with Gasteiger partial charge in [-0.05, 0) is 109 Å². The van der Waals surface area contributed by atoms with Gasteiger partial charge in [-0.1, -0.05) is 253 Å². The second-order valence-corrected chi connectivity index (χ2v) is 24.3. The molecule has 0 bridgehead atoms. The summed E-state index contributed by atoms with van der Waals surface area (Å²) in [5, 5.41) is 3.00. The molecule has 3 atom stereocenters. The summed E-state index contributed by atoms with van der Waals surface area (Å²) < 4.78 is 30.3. The molecule has 1 N–H and O–H groups in total. The van der Waals surface area contributed by atoms with Crippen LogP contribution in [0.2, 0.25) is 0 Å². The molecule has 10 heteroatoms. The van der Waals surface area contributed by atoms with Gasteiger partial charge in [0.05, 0.1) is 33.8 Å². The highest BCUT2D eigenvalue weighted by Gasteiger charge is 2.27. The van der Waals surface area contributed by atoms with Crippen LogP contribution in [0.5, 0.6) is 0 Å². The number of ether oxygens (including phenoxy) is 1. The highest BCUT2D eigenvalue weighted by atomic mass is 31.2. The van der Waals surface area contributed by atoms with Crippen LogP contribution in [-0.2, 0) is 27.9 Å². The van der Waals surface area contributed by atoms with Crippen LogP contribution in [0.4, 0.5) is 0 Å². The molecule has 0 aliphatic rings. The van der Waals surface area contributed by atoms with Crippen molar-refractivity contribution in [1.82, 2.24) is 5.32 Å². The number of phosphoric acid groups is 1. The largest absolute Gasteiger partial charge is 0.756 e. The van der Waals surface area contributed by atoms with Crippen LogP contribution in [0.1, 0.15) is 278 Å². The van der Waals surface area contributed by atoms with Crippen LogP contribution in [0.15, 0.2) is 97.2 Å². The van der Waals surface area contributed by atoms with E-state index in [1.165, 1.54) is 148 Å². The zero-order chi connectivity index (χ0) is 57.9. The van der Waals surface area contributed by atoms with Crippen LogP contribution in [0.25, 0.3) is 0 Å². The average molecular weight is 1120 g/mol. The van der Waals surface area contributed by atoms with E-state index >= 15 is 0 Å². The number of nitrogens with one attached hydrogen (secondary N) is 1. The number of unbranched alkanes of at least 4 members (excludes halogenated alkanes) is 28. The summed E-state index contributed by atoms with van der Waals surface area (Å²) in [6.45, 7) is 6.75. The van der Waals surface area contributed by atoms with Gasteiger partial charge in [0.25, 0.3) is 7.82 Å². The smallest absolute Gasteiger partial charge is 0.306 e. The van der Waals surface area contributed by atoms with Gasteiger partial charge in [0.15, 0.2) is 0 Å². The highest BCUT2D eigenvalue weighted by Crippen LogP contribution is 2.38. The number of hydrogen-bond donors (Lipinski definition) is 1. The number of rotatable bonds is 58. The van der Waals surface area contributed by atoms with Gasteiger partial charge in [0, 0.05) is 12.8 Å². The standard InChI is InChI=1S/C69H123N2O7P/c1-7-10-13-16-19-22-25-28-30-32-33-34-35-36-37-39-41-44-47-50-53-56-59-62-69(73)78-67(60-57-54-51-48-45-42-27-24-21-18-15-12-9-3)66(65-77-79(74,75)76-64-63-71(4,5)6)70-68(72)61-58-55-52-49-46-43-40-38-31-29-26-23-20-17-14-11-8-2/h19-20,22-23,28-31,33-34,40,43,49,52,57,60,66-67H,7-18,21,24-27,32,35-39,41-42,44-48,50-51,53-56,58-59,61-65H2,1-6H3,(H-,70,72,74,75)/b22-19-,23-20-,30-28-,31-29-,34-33-,43-40-,52-49-,60-57-. The number of phosphoric ester groups is 1. The number of carbonyl (C=O) groups excluding carboxylic acids is 2. The number of nitrogens with zero attached hydrogens (tertiary/aromatic N) is 1. The second-order valence-electron chi connectivity index (χ2n) is 22.9. The van der Waals surface area contributed by atoms with Crippen molar-refractivity contribution in [2.45, 2.75) is 290 Å². The number of amides is 1. The molecule has 9 nitrogen and oxygen atoms in total. The second kappa shape index (κ2) is 58.1. The Balaban J connectivity index is 5.29. The van der Waals surface area contributed by atoms with E-state index in [0.717, 1.165) is 83.5 Å². The first-order valence-corrected chi connectivity index (χ1v) is 34.0. The lowest BCUT2D eigenvalue weighted by Gasteiger charge is -2.30. The first kappa shape index (κ1) is 75.9. The molecule has 0 aromatic carbocycles. The van der Waals surface area contributed by atoms with E-state index in [-0.39, 0.29) is 31.3 Å². The van der Waals surface area contributed by atoms with E-state index in [4.69, 9.17) is 13.8 Å². The van der Waals surface area contributed by atoms with Crippen LogP contribution >= 0.6 is 7.82 Å². The molecule has 456 valence electrons. The Labute approximate surface area is 488 Å². The van der Waals surface area contributed by atoms with Gasteiger partial charge in [-0.2, -0.15) is 0 Å². The Kier molecular flexibility index (Phi) is 55.9. The molecule has 79 heavy (non-hydrogen) atoms. The fourth-order valence-electron chi connectivity index (χ4n) is 8.93. The average Bonchev–Trinajstić information content (AvgIpc) is 3.41. The summed E-state index contributed by atoms with van der Waals surface area (Å²) in [7, 11) is 1.14. The summed E-state index contributed by atoms with van der Waals surface area (Å²) in [4.78, 5) is 40.0. The third-order valence-corrected chi connectivity index (χ3v) is 15.0. The van der Waals surface area contributed by atoms with Crippen molar-refractivity contribution in [3.63, 3.8) is 0 Å². The summed E-state index contributed by atoms with van der Waals surface area (Å²) in [5.74, 6) is -0.611. The first-order valence-electron chi connectivity index (χ1n) is 32.5. The van der Waals surface area contributed by atoms with E-state index in [1.54, 1.807) is 0 Å². The number of carbonyl (C=O) groups is 2. The number of quaternary nitrogens is 1. The predicted molar refractivity (Wildman–Crippen MR) is 339 cm³/mol. The van der Waals surface area contributed by atoms with E-state index in [0.29, 0.717) is 23.9 Å². The van der Waals surface area contributed by atoms with Crippen molar-refractivity contribution >= 4 is 19.7 Å². The Morgan fingerprint density at radius 3 is 1.20 bits per heavy atom. The minimum absolute atomic E-state index is 0.0369. The molecule has 0 saturated carbocycles. The molecule has 3 unspecified atom stereocenters. The van der Waals surface area contributed by atoms with Gasteiger partial charge in [-0.3, -0.25) is 14.2 Å². The number of hydrogen-bond acceptors (Lipinski definition) is 7. The molecule has 0 saturated heterocycles. The summed E-state index contributed by atoms with van der Waals surface area (Å²) in [5.41, 5.74) is 0. The van der Waals surface area contributed by atoms with Crippen LogP contribution in [-0.4, -0.2) is 69.4 Å². The Morgan fingerprint density at radius 2 is 0.785 bits per heavy atom. The molecule has 0 radical (unpaired) electrons. The quantitative estimate of drug-likeness (QED) is 0.0212. The molecule has 0 aliphatic heterocycles. The minimum atomic E-state index is -4.72. The van der Waals surface area contributed by atoms with Crippen molar-refractivity contribution in [3.8, 4) is 0 Å². The van der Waals surface area contributed by atoms with Gasteiger partial charge in [0.2, 0.25) is 5.91 Å². The minimum Gasteiger partial charge on any atom is -0.756 e. The predicted octanol–water partition coefficient (Wildman–Crippen LogP) is 19.7. The third kappa shape index (κ3) is 59.4. The summed E-state index contributed by atoms with van der Waals surface area (Å²) >= 11 is 0. The van der Waals surface area contributed by atoms with Crippen molar-refractivity contribution in [3.05, 3.63) is 97.2 Å². The van der Waals surface area contributed by atoms with Gasteiger partial charge in [-0.25, -0.2) is 0 Å². The molecule has 0 fully saturated rings. The van der Waals surface area contributed by atoms with E-state index < -0.39 is 26.6 Å². The van der Waals surface area contributed by atoms with Crippen molar-refractivity contribution in [2.24, 2.45) is 0 Å². The molecule has 0 aromatic heterocycles. The van der Waals surface area contributed by atoms with Crippen molar-refractivity contribution in [1.29, 1.82) is 0 Å². The fourth-order valence-corrected chi connectivity index (χ4v) is 9.66. The third-order valence-electron chi connectivity index (χ3n) is 14.0. The van der Waals surface area contributed by atoms with Gasteiger partial charge < -0.3 is 28.5 Å². The molecule has 0 aromatic rings. The Bertz CT molecular complexity index is 1670. The number of esters is 1. The van der Waals surface area contributed by atoms with E-state index in [1.807, 2.05) is 33.3 Å². The number of allylic oxidation sites excluding steroid dienone is 15. The zero-order valence-electron chi connectivity index (χ0n) is 52.1. The van der Waals surface area contributed by atoms with Crippen LogP contribution < -0.4 is 10.2 Å². The fraction of sp³-hybridized carbons (Fsp3) is 0.739. The summed E-state index contributed by atoms with van der Waals surface area (Å²) in [6.07, 6.45) is 78.1. The molecule has 0 aliphatic carbocycles. The van der Waals surface area contributed by atoms with Crippen LogP contribution in [0, 0.1) is 0 Å². The molecular weight excluding hydrogens is 1000 g/mol. The summed E-state index contributed by atoms with van der Waals surface area (Å²) in [6, 6.07) is -0.924. The Hall–Kier alpha value is -3.07. The molecule has 0 heterocycles. The van der Waals surface area contributed by atoms with Crippen molar-refractivity contribution < 1.29 is 37.3 Å². The topological polar surface area (TPSA) is 114 Å². The van der Waals surface area contributed by atoms with Gasteiger partial charge >= 0.3 is 5.97 Å².